The predicted molar refractivity (Wildman–Crippen MR) is 123 cm³/mol. The first kappa shape index (κ1) is 21.6. The van der Waals surface area contributed by atoms with Crippen LogP contribution in [0.1, 0.15) is 49.7 Å². The van der Waals surface area contributed by atoms with E-state index in [2.05, 4.69) is 40.1 Å². The van der Waals surface area contributed by atoms with Crippen molar-refractivity contribution in [2.45, 2.75) is 43.9 Å². The number of carbonyl (C=O) groups is 1. The van der Waals surface area contributed by atoms with Gasteiger partial charge in [-0.3, -0.25) is 4.79 Å². The lowest BCUT2D eigenvalue weighted by Gasteiger charge is -2.37. The van der Waals surface area contributed by atoms with Gasteiger partial charge in [-0.25, -0.2) is 0 Å². The minimum Gasteiger partial charge on any atom is -0.342 e. The fourth-order valence-electron chi connectivity index (χ4n) is 5.19. The van der Waals surface area contributed by atoms with Gasteiger partial charge in [-0.15, -0.1) is 0 Å². The summed E-state index contributed by atoms with van der Waals surface area (Å²) in [6.07, 6.45) is 6.19. The van der Waals surface area contributed by atoms with Crippen LogP contribution in [0.25, 0.3) is 0 Å². The Labute approximate surface area is 186 Å². The van der Waals surface area contributed by atoms with Gasteiger partial charge in [-0.05, 0) is 62.7 Å². The van der Waals surface area contributed by atoms with Crippen LogP contribution in [-0.2, 0) is 10.2 Å². The fraction of sp³-hybridized carbons (Fsp3) is 0.481. The highest BCUT2D eigenvalue weighted by atomic mass is 16.2. The summed E-state index contributed by atoms with van der Waals surface area (Å²) in [6.45, 7) is 4.63. The molecular weight excluding hydrogens is 382 g/mol. The zero-order valence-electron chi connectivity index (χ0n) is 18.4. The van der Waals surface area contributed by atoms with Crippen molar-refractivity contribution in [2.24, 2.45) is 5.92 Å². The summed E-state index contributed by atoms with van der Waals surface area (Å²) >= 11 is 0. The van der Waals surface area contributed by atoms with Gasteiger partial charge in [0, 0.05) is 25.6 Å². The van der Waals surface area contributed by atoms with Gasteiger partial charge < -0.3 is 9.80 Å². The van der Waals surface area contributed by atoms with Crippen LogP contribution in [0, 0.1) is 17.2 Å². The smallest absolute Gasteiger partial charge is 0.225 e. The Hall–Kier alpha value is -2.64. The summed E-state index contributed by atoms with van der Waals surface area (Å²) in [6, 6.07) is 23.0. The highest BCUT2D eigenvalue weighted by Gasteiger charge is 2.36. The maximum atomic E-state index is 12.9. The van der Waals surface area contributed by atoms with Crippen LogP contribution in [0.3, 0.4) is 0 Å². The van der Waals surface area contributed by atoms with E-state index in [-0.39, 0.29) is 5.92 Å². The van der Waals surface area contributed by atoms with E-state index in [0.717, 1.165) is 76.0 Å². The predicted octanol–water partition coefficient (Wildman–Crippen LogP) is 4.61. The van der Waals surface area contributed by atoms with Crippen LogP contribution in [0.4, 0.5) is 0 Å². The summed E-state index contributed by atoms with van der Waals surface area (Å²) in [5, 5.41) is 10.4. The molecule has 0 aliphatic carbocycles. The molecule has 31 heavy (non-hydrogen) atoms. The molecule has 162 valence electrons. The average molecular weight is 416 g/mol. The third-order valence-electron chi connectivity index (χ3n) is 7.13. The van der Waals surface area contributed by atoms with Crippen LogP contribution in [-0.4, -0.2) is 48.4 Å². The van der Waals surface area contributed by atoms with E-state index < -0.39 is 5.41 Å². The molecule has 0 bridgehead atoms. The molecule has 2 aliphatic rings. The normalized spacial score (nSPS) is 18.5. The number of carbonyl (C=O) groups excluding carboxylic acids is 1. The molecule has 0 unspecified atom stereocenters. The average Bonchev–Trinajstić information content (AvgIpc) is 2.86. The summed E-state index contributed by atoms with van der Waals surface area (Å²) in [5.41, 5.74) is 1.46. The van der Waals surface area contributed by atoms with Crippen molar-refractivity contribution in [3.05, 3.63) is 71.8 Å². The van der Waals surface area contributed by atoms with Crippen molar-refractivity contribution >= 4 is 5.91 Å². The monoisotopic (exact) mass is 415 g/mol. The fourth-order valence-corrected chi connectivity index (χ4v) is 5.19. The van der Waals surface area contributed by atoms with Gasteiger partial charge in [-0.1, -0.05) is 60.7 Å². The molecule has 1 amide bonds. The molecule has 2 aromatic carbocycles. The van der Waals surface area contributed by atoms with Gasteiger partial charge in [0.05, 0.1) is 6.07 Å². The Balaban J connectivity index is 1.41. The van der Waals surface area contributed by atoms with Gasteiger partial charge >= 0.3 is 0 Å². The number of rotatable bonds is 6. The molecule has 4 rings (SSSR count). The molecule has 4 heteroatoms. The quantitative estimate of drug-likeness (QED) is 0.692. The van der Waals surface area contributed by atoms with Gasteiger partial charge in [0.15, 0.2) is 0 Å². The number of likely N-dealkylation sites (tertiary alicyclic amines) is 2. The number of hydrogen-bond donors (Lipinski definition) is 0. The van der Waals surface area contributed by atoms with E-state index in [0.29, 0.717) is 5.91 Å². The maximum Gasteiger partial charge on any atom is 0.225 e. The molecule has 0 N–H and O–H groups in total. The van der Waals surface area contributed by atoms with Gasteiger partial charge in [0.2, 0.25) is 5.91 Å². The Morgan fingerprint density at radius 1 is 0.871 bits per heavy atom. The Kier molecular flexibility index (Phi) is 7.04. The lowest BCUT2D eigenvalue weighted by Crippen LogP contribution is -2.45. The van der Waals surface area contributed by atoms with Crippen LogP contribution < -0.4 is 0 Å². The molecule has 2 aliphatic heterocycles. The zero-order valence-corrected chi connectivity index (χ0v) is 18.4. The first-order valence-electron chi connectivity index (χ1n) is 11.8. The molecular formula is C27H33N3O. The Bertz CT molecular complexity index is 836. The summed E-state index contributed by atoms with van der Waals surface area (Å²) < 4.78 is 0. The van der Waals surface area contributed by atoms with E-state index in [1.807, 2.05) is 36.4 Å². The van der Waals surface area contributed by atoms with E-state index in [4.69, 9.17) is 0 Å². The summed E-state index contributed by atoms with van der Waals surface area (Å²) in [4.78, 5) is 17.4. The van der Waals surface area contributed by atoms with E-state index in [1.54, 1.807) is 0 Å². The van der Waals surface area contributed by atoms with E-state index in [1.165, 1.54) is 6.42 Å². The molecule has 0 radical (unpaired) electrons. The lowest BCUT2D eigenvalue weighted by molar-refractivity contribution is -0.138. The number of amides is 1. The topological polar surface area (TPSA) is 47.3 Å². The van der Waals surface area contributed by atoms with Crippen molar-refractivity contribution in [2.75, 3.05) is 32.7 Å². The molecule has 2 fully saturated rings. The molecule has 2 aromatic rings. The first-order chi connectivity index (χ1) is 15.2. The maximum absolute atomic E-state index is 12.9. The van der Waals surface area contributed by atoms with E-state index >= 15 is 0 Å². The second-order valence-electron chi connectivity index (χ2n) is 9.00. The largest absolute Gasteiger partial charge is 0.342 e. The number of nitriles is 1. The SMILES string of the molecule is N#CC(CCN1CCC(C(=O)N2CCCCC2)CC1)(c1ccccc1)c1ccccc1. The molecule has 0 atom stereocenters. The van der Waals surface area contributed by atoms with Crippen LogP contribution in [0.5, 0.6) is 0 Å². The van der Waals surface area contributed by atoms with Crippen LogP contribution in [0.15, 0.2) is 60.7 Å². The highest BCUT2D eigenvalue weighted by molar-refractivity contribution is 5.79. The first-order valence-corrected chi connectivity index (χ1v) is 11.8. The van der Waals surface area contributed by atoms with Gasteiger partial charge in [-0.2, -0.15) is 5.26 Å². The van der Waals surface area contributed by atoms with Crippen molar-refractivity contribution < 1.29 is 4.79 Å². The number of nitrogens with zero attached hydrogens (tertiary/aromatic N) is 3. The lowest BCUT2D eigenvalue weighted by atomic mass is 9.73. The third-order valence-corrected chi connectivity index (χ3v) is 7.13. The molecule has 0 saturated carbocycles. The van der Waals surface area contributed by atoms with E-state index in [9.17, 15) is 10.1 Å². The van der Waals surface area contributed by atoms with Crippen molar-refractivity contribution in [1.29, 1.82) is 5.26 Å². The molecule has 0 spiro atoms. The Morgan fingerprint density at radius 3 is 1.94 bits per heavy atom. The third kappa shape index (κ3) is 4.83. The van der Waals surface area contributed by atoms with Crippen molar-refractivity contribution in [1.82, 2.24) is 9.80 Å². The standard InChI is InChI=1S/C27H33N3O/c28-22-27(24-10-4-1-5-11-24,25-12-6-2-7-13-25)16-21-29-19-14-23(15-20-29)26(31)30-17-8-3-9-18-30/h1-2,4-7,10-13,23H,3,8-9,14-21H2. The van der Waals surface area contributed by atoms with Gasteiger partial charge in [0.25, 0.3) is 0 Å². The van der Waals surface area contributed by atoms with Crippen LogP contribution in [0.2, 0.25) is 0 Å². The summed E-state index contributed by atoms with van der Waals surface area (Å²) in [7, 11) is 0. The highest BCUT2D eigenvalue weighted by Crippen LogP contribution is 2.36. The molecule has 0 aromatic heterocycles. The molecule has 4 nitrogen and oxygen atoms in total. The Morgan fingerprint density at radius 2 is 1.42 bits per heavy atom. The second-order valence-corrected chi connectivity index (χ2v) is 9.00. The van der Waals surface area contributed by atoms with Gasteiger partial charge in [0.1, 0.15) is 5.41 Å². The minimum atomic E-state index is -0.650. The van der Waals surface area contributed by atoms with Crippen molar-refractivity contribution in [3.8, 4) is 6.07 Å². The summed E-state index contributed by atoms with van der Waals surface area (Å²) in [5.74, 6) is 0.553. The number of benzene rings is 2. The molecule has 2 heterocycles. The zero-order chi connectivity index (χ0) is 21.5. The molecule has 2 saturated heterocycles. The minimum absolute atomic E-state index is 0.179. The van der Waals surface area contributed by atoms with Crippen LogP contribution >= 0.6 is 0 Å². The number of piperidine rings is 2. The van der Waals surface area contributed by atoms with Crippen molar-refractivity contribution in [3.63, 3.8) is 0 Å². The number of hydrogen-bond acceptors (Lipinski definition) is 3. The second kappa shape index (κ2) is 10.1.